The molecule has 1 aromatic rings. The van der Waals surface area contributed by atoms with Crippen LogP contribution in [0.15, 0.2) is 30.3 Å². The van der Waals surface area contributed by atoms with E-state index in [1.54, 1.807) is 0 Å². The zero-order valence-corrected chi connectivity index (χ0v) is 8.86. The molecule has 2 fully saturated rings. The molecule has 2 aliphatic carbocycles. The number of Topliss-reactive ketones (excluding diaryl/α,β-unsaturated/α-hetero) is 1. The standard InChI is InChI=1S/C14H16O/c15-13-9-11-7-4-8-12(13)14(11)10-5-2-1-3-6-10/h1-3,5-6,11-12,14H,4,7-9H2/t11-,12+,14+/m0/s1. The third kappa shape index (κ3) is 1.41. The third-order valence-corrected chi connectivity index (χ3v) is 4.09. The van der Waals surface area contributed by atoms with E-state index >= 15 is 0 Å². The smallest absolute Gasteiger partial charge is 0.136 e. The molecule has 0 saturated heterocycles. The molecule has 2 saturated carbocycles. The van der Waals surface area contributed by atoms with Crippen molar-refractivity contribution in [1.82, 2.24) is 0 Å². The molecule has 2 aliphatic rings. The Morgan fingerprint density at radius 3 is 2.60 bits per heavy atom. The van der Waals surface area contributed by atoms with Gasteiger partial charge in [0.2, 0.25) is 0 Å². The highest BCUT2D eigenvalue weighted by Gasteiger charge is 2.44. The minimum absolute atomic E-state index is 0.339. The van der Waals surface area contributed by atoms with E-state index in [1.165, 1.54) is 18.4 Å². The lowest BCUT2D eigenvalue weighted by molar-refractivity contribution is -0.120. The highest BCUT2D eigenvalue weighted by Crippen LogP contribution is 2.50. The van der Waals surface area contributed by atoms with Crippen LogP contribution >= 0.6 is 0 Å². The van der Waals surface area contributed by atoms with Crippen molar-refractivity contribution in [2.75, 3.05) is 0 Å². The highest BCUT2D eigenvalue weighted by atomic mass is 16.1. The van der Waals surface area contributed by atoms with E-state index in [0.717, 1.165) is 12.8 Å². The number of carbonyl (C=O) groups excluding carboxylic acids is 1. The third-order valence-electron chi connectivity index (χ3n) is 4.09. The van der Waals surface area contributed by atoms with Crippen LogP contribution in [-0.2, 0) is 4.79 Å². The van der Waals surface area contributed by atoms with E-state index in [4.69, 9.17) is 0 Å². The zero-order valence-electron chi connectivity index (χ0n) is 8.86. The molecule has 3 atom stereocenters. The highest BCUT2D eigenvalue weighted by molar-refractivity contribution is 5.85. The van der Waals surface area contributed by atoms with Gasteiger partial charge in [-0.2, -0.15) is 0 Å². The first-order valence-corrected chi connectivity index (χ1v) is 5.94. The second-order valence-electron chi connectivity index (χ2n) is 4.90. The van der Waals surface area contributed by atoms with Crippen LogP contribution in [0.1, 0.15) is 37.2 Å². The van der Waals surface area contributed by atoms with Crippen molar-refractivity contribution < 1.29 is 4.79 Å². The number of carbonyl (C=O) groups is 1. The summed E-state index contributed by atoms with van der Waals surface area (Å²) in [6.07, 6.45) is 4.46. The maximum Gasteiger partial charge on any atom is 0.136 e. The van der Waals surface area contributed by atoms with Crippen molar-refractivity contribution in [2.24, 2.45) is 11.8 Å². The second-order valence-corrected chi connectivity index (χ2v) is 4.90. The Morgan fingerprint density at radius 2 is 1.87 bits per heavy atom. The van der Waals surface area contributed by atoms with Crippen molar-refractivity contribution >= 4 is 5.78 Å². The predicted octanol–water partition coefficient (Wildman–Crippen LogP) is 3.16. The summed E-state index contributed by atoms with van der Waals surface area (Å²) in [4.78, 5) is 11.8. The number of fused-ring (bicyclic) bond motifs is 2. The Bertz CT molecular complexity index is 368. The second kappa shape index (κ2) is 3.48. The summed E-state index contributed by atoms with van der Waals surface area (Å²) in [5.74, 6) is 2.03. The molecule has 78 valence electrons. The number of benzene rings is 1. The summed E-state index contributed by atoms with van der Waals surface area (Å²) >= 11 is 0. The lowest BCUT2D eigenvalue weighted by Gasteiger charge is -2.29. The first kappa shape index (κ1) is 9.14. The molecule has 1 nitrogen and oxygen atoms in total. The van der Waals surface area contributed by atoms with Crippen molar-refractivity contribution in [3.8, 4) is 0 Å². The van der Waals surface area contributed by atoms with E-state index in [-0.39, 0.29) is 0 Å². The fourth-order valence-electron chi connectivity index (χ4n) is 3.47. The van der Waals surface area contributed by atoms with Gasteiger partial charge in [0.25, 0.3) is 0 Å². The Kier molecular flexibility index (Phi) is 2.12. The van der Waals surface area contributed by atoms with Gasteiger partial charge in [-0.25, -0.2) is 0 Å². The first-order chi connectivity index (χ1) is 7.36. The van der Waals surface area contributed by atoms with Crippen molar-refractivity contribution in [3.63, 3.8) is 0 Å². The Morgan fingerprint density at radius 1 is 1.07 bits per heavy atom. The molecule has 3 rings (SSSR count). The molecule has 2 bridgehead atoms. The van der Waals surface area contributed by atoms with Crippen molar-refractivity contribution in [3.05, 3.63) is 35.9 Å². The quantitative estimate of drug-likeness (QED) is 0.680. The molecule has 1 heteroatoms. The van der Waals surface area contributed by atoms with Crippen LogP contribution in [0.5, 0.6) is 0 Å². The molecule has 15 heavy (non-hydrogen) atoms. The minimum Gasteiger partial charge on any atom is -0.299 e. The molecular formula is C14H16O. The molecule has 0 N–H and O–H groups in total. The number of ketones is 1. The van der Waals surface area contributed by atoms with Gasteiger partial charge < -0.3 is 0 Å². The van der Waals surface area contributed by atoms with Gasteiger partial charge in [-0.3, -0.25) is 4.79 Å². The lowest BCUT2D eigenvalue weighted by atomic mass is 9.75. The first-order valence-electron chi connectivity index (χ1n) is 5.94. The Balaban J connectivity index is 1.97. The molecule has 0 spiro atoms. The van der Waals surface area contributed by atoms with Gasteiger partial charge in [0, 0.05) is 12.3 Å². The number of hydrogen-bond acceptors (Lipinski definition) is 1. The van der Waals surface area contributed by atoms with Gasteiger partial charge in [-0.15, -0.1) is 0 Å². The fraction of sp³-hybridized carbons (Fsp3) is 0.500. The average molecular weight is 200 g/mol. The minimum atomic E-state index is 0.339. The van der Waals surface area contributed by atoms with E-state index in [1.807, 2.05) is 0 Å². The van der Waals surface area contributed by atoms with Gasteiger partial charge >= 0.3 is 0 Å². The SMILES string of the molecule is O=C1C[C@@H]2CCC[C@H]1[C@@H]2c1ccccc1. The van der Waals surface area contributed by atoms with Crippen molar-refractivity contribution in [1.29, 1.82) is 0 Å². The van der Waals surface area contributed by atoms with E-state index in [2.05, 4.69) is 30.3 Å². The molecule has 0 radical (unpaired) electrons. The normalized spacial score (nSPS) is 34.4. The summed E-state index contributed by atoms with van der Waals surface area (Å²) in [6.45, 7) is 0. The Hall–Kier alpha value is -1.11. The van der Waals surface area contributed by atoms with Crippen LogP contribution in [0, 0.1) is 11.8 Å². The van der Waals surface area contributed by atoms with Crippen LogP contribution in [0.3, 0.4) is 0 Å². The molecular weight excluding hydrogens is 184 g/mol. The van der Waals surface area contributed by atoms with E-state index in [0.29, 0.717) is 23.5 Å². The van der Waals surface area contributed by atoms with Gasteiger partial charge in [0.1, 0.15) is 5.78 Å². The Labute approximate surface area is 90.5 Å². The fourth-order valence-corrected chi connectivity index (χ4v) is 3.47. The van der Waals surface area contributed by atoms with Crippen LogP contribution in [0.4, 0.5) is 0 Å². The van der Waals surface area contributed by atoms with Gasteiger partial charge in [0.05, 0.1) is 0 Å². The number of hydrogen-bond donors (Lipinski definition) is 0. The monoisotopic (exact) mass is 200 g/mol. The summed E-state index contributed by atoms with van der Waals surface area (Å²) in [6, 6.07) is 10.6. The van der Waals surface area contributed by atoms with E-state index in [9.17, 15) is 4.79 Å². The van der Waals surface area contributed by atoms with Gasteiger partial charge in [-0.1, -0.05) is 36.8 Å². The van der Waals surface area contributed by atoms with Crippen LogP contribution in [0.2, 0.25) is 0 Å². The molecule has 0 unspecified atom stereocenters. The lowest BCUT2D eigenvalue weighted by Crippen LogP contribution is -2.20. The average Bonchev–Trinajstić information content (AvgIpc) is 2.47. The van der Waals surface area contributed by atoms with Gasteiger partial charge in [0.15, 0.2) is 0 Å². The molecule has 1 aromatic carbocycles. The summed E-state index contributed by atoms with van der Waals surface area (Å²) in [7, 11) is 0. The topological polar surface area (TPSA) is 17.1 Å². The molecule has 0 heterocycles. The van der Waals surface area contributed by atoms with Crippen LogP contribution in [0.25, 0.3) is 0 Å². The zero-order chi connectivity index (χ0) is 10.3. The maximum atomic E-state index is 11.8. The largest absolute Gasteiger partial charge is 0.299 e. The maximum absolute atomic E-state index is 11.8. The number of rotatable bonds is 1. The summed E-state index contributed by atoms with van der Waals surface area (Å²) in [5, 5.41) is 0. The van der Waals surface area contributed by atoms with Crippen LogP contribution < -0.4 is 0 Å². The van der Waals surface area contributed by atoms with Gasteiger partial charge in [-0.05, 0) is 30.2 Å². The molecule has 0 aliphatic heterocycles. The predicted molar refractivity (Wildman–Crippen MR) is 59.6 cm³/mol. The van der Waals surface area contributed by atoms with Crippen molar-refractivity contribution in [2.45, 2.75) is 31.6 Å². The molecule has 0 amide bonds. The molecule has 0 aromatic heterocycles. The summed E-state index contributed by atoms with van der Waals surface area (Å²) < 4.78 is 0. The van der Waals surface area contributed by atoms with E-state index < -0.39 is 0 Å². The van der Waals surface area contributed by atoms with Crippen LogP contribution in [-0.4, -0.2) is 5.78 Å². The summed E-state index contributed by atoms with van der Waals surface area (Å²) in [5.41, 5.74) is 1.39.